The van der Waals surface area contributed by atoms with Gasteiger partial charge in [-0.1, -0.05) is 80.6 Å². The fourth-order valence-corrected chi connectivity index (χ4v) is 7.83. The maximum Gasteiger partial charge on any atom is 0.407 e. The van der Waals surface area contributed by atoms with Gasteiger partial charge in [0.15, 0.2) is 18.8 Å². The van der Waals surface area contributed by atoms with Crippen LogP contribution in [0.1, 0.15) is 62.8 Å². The highest BCUT2D eigenvalue weighted by molar-refractivity contribution is 8.12. The molecule has 0 radical (unpaired) electrons. The number of likely N-dealkylation sites (N-methyl/N-ethyl adjacent to an activating group) is 1. The van der Waals surface area contributed by atoms with Crippen LogP contribution in [-0.4, -0.2) is 87.7 Å². The normalized spacial score (nSPS) is 19.1. The summed E-state index contributed by atoms with van der Waals surface area (Å²) in [7, 11) is 1.75. The molecule has 5 atom stereocenters. The summed E-state index contributed by atoms with van der Waals surface area (Å²) in [6.45, 7) is 4.08. The van der Waals surface area contributed by atoms with Gasteiger partial charge < -0.3 is 35.1 Å². The van der Waals surface area contributed by atoms with Crippen molar-refractivity contribution in [1.29, 1.82) is 0 Å². The number of aromatic nitrogens is 1. The van der Waals surface area contributed by atoms with Crippen molar-refractivity contribution in [2.45, 2.75) is 95.2 Å². The quantitative estimate of drug-likeness (QED) is 0.129. The Morgan fingerprint density at radius 3 is 2.32 bits per heavy atom. The average molecular weight is 745 g/mol. The van der Waals surface area contributed by atoms with Crippen LogP contribution in [0, 0.1) is 5.92 Å². The predicted octanol–water partition coefficient (Wildman–Crippen LogP) is 5.67. The first-order valence-electron chi connectivity index (χ1n) is 18.4. The Labute approximate surface area is 316 Å². The Morgan fingerprint density at radius 2 is 1.72 bits per heavy atom. The summed E-state index contributed by atoms with van der Waals surface area (Å²) in [5.41, 5.74) is 4.59. The van der Waals surface area contributed by atoms with Gasteiger partial charge in [0.05, 0.1) is 30.4 Å². The number of aliphatic hydroxyl groups excluding tert-OH is 1. The lowest BCUT2D eigenvalue weighted by atomic mass is 9.84. The molecule has 284 valence electrons. The number of ether oxygens (including phenoxy) is 1. The molecule has 53 heavy (non-hydrogen) atoms. The SMILES string of the molecule is CC(C)[C@H](NC(=O)N(C)CC1(C2=CCCCC2)CSC=N1)C(=O)N[C@@H](Cc1ccccc1)C[C@H](O)[C@H](Cc1ccccc1)NC(=O)OCc1cnco1. The fourth-order valence-electron chi connectivity index (χ4n) is 6.85. The van der Waals surface area contributed by atoms with Crippen molar-refractivity contribution >= 4 is 35.3 Å². The van der Waals surface area contributed by atoms with Crippen LogP contribution < -0.4 is 16.0 Å². The zero-order valence-electron chi connectivity index (χ0n) is 30.8. The Bertz CT molecular complexity index is 1670. The summed E-state index contributed by atoms with van der Waals surface area (Å²) < 4.78 is 10.5. The second kappa shape index (κ2) is 19.5. The van der Waals surface area contributed by atoms with Crippen molar-refractivity contribution in [3.05, 3.63) is 102 Å². The maximum absolute atomic E-state index is 14.1. The number of nitrogens with zero attached hydrogens (tertiary/aromatic N) is 3. The minimum Gasteiger partial charge on any atom is -0.445 e. The predicted molar refractivity (Wildman–Crippen MR) is 206 cm³/mol. The van der Waals surface area contributed by atoms with E-state index in [9.17, 15) is 19.5 Å². The molecule has 2 heterocycles. The van der Waals surface area contributed by atoms with Crippen LogP contribution in [0.25, 0.3) is 0 Å². The smallest absolute Gasteiger partial charge is 0.407 e. The Hall–Kier alpha value is -4.62. The van der Waals surface area contributed by atoms with E-state index in [4.69, 9.17) is 14.1 Å². The third kappa shape index (κ3) is 11.7. The molecule has 0 saturated heterocycles. The molecule has 13 heteroatoms. The number of alkyl carbamates (subject to hydrolysis) is 1. The molecule has 4 amide bonds. The number of carbonyl (C=O) groups is 3. The van der Waals surface area contributed by atoms with Gasteiger partial charge in [0.25, 0.3) is 0 Å². The fraction of sp³-hybridized carbons (Fsp3) is 0.475. The van der Waals surface area contributed by atoms with Crippen molar-refractivity contribution in [2.75, 3.05) is 19.3 Å². The van der Waals surface area contributed by atoms with Gasteiger partial charge in [-0.2, -0.15) is 0 Å². The van der Waals surface area contributed by atoms with Crippen LogP contribution in [0.5, 0.6) is 0 Å². The molecular weight excluding hydrogens is 693 g/mol. The zero-order chi connectivity index (χ0) is 37.6. The highest BCUT2D eigenvalue weighted by Gasteiger charge is 2.39. The molecule has 4 N–H and O–H groups in total. The molecule has 12 nitrogen and oxygen atoms in total. The monoisotopic (exact) mass is 744 g/mol. The third-order valence-corrected chi connectivity index (χ3v) is 10.6. The molecule has 5 rings (SSSR count). The van der Waals surface area contributed by atoms with Gasteiger partial charge in [0.1, 0.15) is 11.6 Å². The molecule has 2 aromatic carbocycles. The lowest BCUT2D eigenvalue weighted by molar-refractivity contribution is -0.124. The summed E-state index contributed by atoms with van der Waals surface area (Å²) in [6.07, 6.45) is 8.35. The average Bonchev–Trinajstić information content (AvgIpc) is 3.87. The van der Waals surface area contributed by atoms with Gasteiger partial charge in [-0.3, -0.25) is 9.79 Å². The number of urea groups is 1. The van der Waals surface area contributed by atoms with E-state index in [1.165, 1.54) is 24.6 Å². The van der Waals surface area contributed by atoms with Crippen LogP contribution in [0.2, 0.25) is 0 Å². The molecule has 0 spiro atoms. The van der Waals surface area contributed by atoms with Crippen LogP contribution >= 0.6 is 11.8 Å². The van der Waals surface area contributed by atoms with Crippen LogP contribution in [-0.2, 0) is 29.0 Å². The number of aliphatic hydroxyl groups is 1. The molecule has 1 unspecified atom stereocenters. The molecule has 0 saturated carbocycles. The number of hydrogen-bond donors (Lipinski definition) is 4. The number of thioether (sulfide) groups is 1. The van der Waals surface area contributed by atoms with Gasteiger partial charge in [0, 0.05) is 18.8 Å². The number of carbonyl (C=O) groups excluding carboxylic acids is 3. The van der Waals surface area contributed by atoms with E-state index in [0.717, 1.165) is 36.1 Å². The number of allylic oxidation sites excluding steroid dienone is 1. The Morgan fingerprint density at radius 1 is 1.00 bits per heavy atom. The van der Waals surface area contributed by atoms with E-state index in [0.29, 0.717) is 25.1 Å². The van der Waals surface area contributed by atoms with Gasteiger partial charge in [-0.05, 0) is 67.6 Å². The molecule has 1 aromatic heterocycles. The van der Waals surface area contributed by atoms with E-state index in [1.54, 1.807) is 23.7 Å². The molecule has 1 aliphatic heterocycles. The van der Waals surface area contributed by atoms with Gasteiger partial charge in [-0.25, -0.2) is 14.6 Å². The Kier molecular flexibility index (Phi) is 14.5. The number of oxazole rings is 1. The zero-order valence-corrected chi connectivity index (χ0v) is 31.6. The van der Waals surface area contributed by atoms with Gasteiger partial charge in [-0.15, -0.1) is 11.8 Å². The van der Waals surface area contributed by atoms with E-state index in [-0.39, 0.29) is 30.9 Å². The number of hydrogen-bond acceptors (Lipinski definition) is 9. The van der Waals surface area contributed by atoms with Crippen molar-refractivity contribution in [2.24, 2.45) is 10.9 Å². The molecule has 0 fully saturated rings. The minimum atomic E-state index is -1.07. The number of nitrogens with one attached hydrogen (secondary N) is 3. The first-order valence-corrected chi connectivity index (χ1v) is 19.4. The van der Waals surface area contributed by atoms with Crippen molar-refractivity contribution in [3.63, 3.8) is 0 Å². The molecule has 0 bridgehead atoms. The topological polar surface area (TPSA) is 158 Å². The summed E-state index contributed by atoms with van der Waals surface area (Å²) in [4.78, 5) is 51.0. The second-order valence-electron chi connectivity index (χ2n) is 14.3. The summed E-state index contributed by atoms with van der Waals surface area (Å²) in [5.74, 6) is 0.591. The lowest BCUT2D eigenvalue weighted by Crippen LogP contribution is -2.57. The standard InChI is InChI=1S/C40H52N6O6S/c1-28(2)36(45-38(49)46(3)24-40(25-53-27-42-40)31-17-11-6-12-18-31)37(48)43-32(19-29-13-7-4-8-14-29)21-35(47)34(20-30-15-9-5-10-16-30)44-39(50)51-23-33-22-41-26-52-33/h4-5,7-10,13-17,22,26-28,32,34-36,47H,6,11-12,18-21,23-25H2,1-3H3,(H,43,48)(H,44,50)(H,45,49)/t32-,34-,35-,36-,40?/m0/s1. The van der Waals surface area contributed by atoms with E-state index in [2.05, 4.69) is 27.0 Å². The summed E-state index contributed by atoms with van der Waals surface area (Å²) >= 11 is 1.66. The summed E-state index contributed by atoms with van der Waals surface area (Å²) in [6, 6.07) is 16.7. The number of amides is 4. The van der Waals surface area contributed by atoms with Gasteiger partial charge >= 0.3 is 12.1 Å². The molecular formula is C40H52N6O6S. The number of benzene rings is 2. The van der Waals surface area contributed by atoms with Crippen LogP contribution in [0.3, 0.4) is 0 Å². The van der Waals surface area contributed by atoms with Crippen LogP contribution in [0.4, 0.5) is 9.59 Å². The minimum absolute atomic E-state index is 0.116. The third-order valence-electron chi connectivity index (χ3n) is 9.75. The molecule has 2 aliphatic rings. The largest absolute Gasteiger partial charge is 0.445 e. The van der Waals surface area contributed by atoms with Crippen molar-refractivity contribution < 1.29 is 28.6 Å². The van der Waals surface area contributed by atoms with Crippen LogP contribution in [0.15, 0.2) is 94.3 Å². The molecule has 1 aliphatic carbocycles. The number of rotatable bonds is 17. The molecule has 3 aromatic rings. The Balaban J connectivity index is 1.28. The van der Waals surface area contributed by atoms with E-state index >= 15 is 0 Å². The van der Waals surface area contributed by atoms with E-state index < -0.39 is 35.9 Å². The first kappa shape index (κ1) is 39.6. The highest BCUT2D eigenvalue weighted by Crippen LogP contribution is 2.37. The maximum atomic E-state index is 14.1. The lowest BCUT2D eigenvalue weighted by Gasteiger charge is -2.35. The number of aliphatic imine (C=N–C) groups is 1. The highest BCUT2D eigenvalue weighted by atomic mass is 32.2. The second-order valence-corrected chi connectivity index (χ2v) is 15.1. The van der Waals surface area contributed by atoms with Crippen molar-refractivity contribution in [1.82, 2.24) is 25.8 Å². The van der Waals surface area contributed by atoms with Crippen molar-refractivity contribution in [3.8, 4) is 0 Å². The summed E-state index contributed by atoms with van der Waals surface area (Å²) in [5, 5.41) is 20.7. The van der Waals surface area contributed by atoms with Gasteiger partial charge in [0.2, 0.25) is 5.91 Å². The first-order chi connectivity index (χ1) is 25.6. The van der Waals surface area contributed by atoms with E-state index in [1.807, 2.05) is 80.1 Å².